The van der Waals surface area contributed by atoms with Crippen LogP contribution in [0.15, 0.2) is 12.1 Å². The number of aromatic hydroxyl groups is 1. The molecule has 2 aliphatic rings. The number of nitroso groups, excluding NO2 is 1. The van der Waals surface area contributed by atoms with Gasteiger partial charge < -0.3 is 10.0 Å². The molecule has 0 aromatic heterocycles. The second kappa shape index (κ2) is 5.53. The molecule has 0 bridgehead atoms. The number of piperidine rings is 1. The van der Waals surface area contributed by atoms with Crippen molar-refractivity contribution in [1.82, 2.24) is 10.3 Å². The van der Waals surface area contributed by atoms with Gasteiger partial charge in [0.2, 0.25) is 0 Å². The molecule has 22 heavy (non-hydrogen) atoms. The van der Waals surface area contributed by atoms with Gasteiger partial charge in [-0.2, -0.15) is 0 Å². The van der Waals surface area contributed by atoms with Crippen LogP contribution in [0, 0.1) is 10.7 Å². The van der Waals surface area contributed by atoms with Crippen LogP contribution in [0.4, 0.5) is 10.1 Å². The molecular formula is C14H18FN4O3+. The number of phenols is 1. The first-order valence-electron chi connectivity index (χ1n) is 7.21. The Morgan fingerprint density at radius 3 is 2.59 bits per heavy atom. The third kappa shape index (κ3) is 2.61. The van der Waals surface area contributed by atoms with Crippen LogP contribution >= 0.6 is 0 Å². The Bertz CT molecular complexity index is 606. The second-order valence-electron chi connectivity index (χ2n) is 5.81. The highest BCUT2D eigenvalue weighted by Crippen LogP contribution is 2.37. The van der Waals surface area contributed by atoms with Crippen molar-refractivity contribution >= 4 is 11.6 Å². The highest BCUT2D eigenvalue weighted by Gasteiger charge is 2.40. The van der Waals surface area contributed by atoms with E-state index in [-0.39, 0.29) is 28.9 Å². The minimum atomic E-state index is -0.703. The van der Waals surface area contributed by atoms with Crippen LogP contribution < -0.4 is 10.4 Å². The summed E-state index contributed by atoms with van der Waals surface area (Å²) in [5, 5.41) is 11.0. The summed E-state index contributed by atoms with van der Waals surface area (Å²) in [6.45, 7) is 1.53. The molecule has 3 rings (SSSR count). The minimum Gasteiger partial charge on any atom is -0.505 e. The minimum absolute atomic E-state index is 0.135. The highest BCUT2D eigenvalue weighted by atomic mass is 19.1. The Hall–Kier alpha value is -2.22. The molecule has 0 unspecified atom stereocenters. The summed E-state index contributed by atoms with van der Waals surface area (Å²) in [5.74, 6) is -1.39. The molecule has 2 saturated heterocycles. The molecule has 1 aromatic carbocycles. The van der Waals surface area contributed by atoms with Gasteiger partial charge in [-0.25, -0.2) is 4.39 Å². The standard InChI is InChI=1S/C14H17FN4O3/c1-17-4-2-9(3-5-17)10-6-11(15)14(12(20)7-10)18-8-13(21)16-19(18)22/h6-7,9H,2-5,8H2,1H3,(H-,16,20,21,22)/p+1. The van der Waals surface area contributed by atoms with Gasteiger partial charge in [-0.3, -0.25) is 4.79 Å². The SMILES string of the molecule is CN1CCC(c2cc(O)c(N3CC(=O)N[N+]3=O)c(F)c2)CC1. The number of anilines is 1. The van der Waals surface area contributed by atoms with Crippen LogP contribution in [0.3, 0.4) is 0 Å². The summed E-state index contributed by atoms with van der Waals surface area (Å²) in [6, 6.07) is 2.84. The summed E-state index contributed by atoms with van der Waals surface area (Å²) in [7, 11) is 2.04. The zero-order valence-corrected chi connectivity index (χ0v) is 12.3. The molecule has 2 fully saturated rings. The maximum atomic E-state index is 14.4. The van der Waals surface area contributed by atoms with Crippen molar-refractivity contribution in [3.8, 4) is 5.75 Å². The summed E-state index contributed by atoms with van der Waals surface area (Å²) < 4.78 is 14.4. The summed E-state index contributed by atoms with van der Waals surface area (Å²) in [5.41, 5.74) is 2.44. The van der Waals surface area contributed by atoms with Crippen LogP contribution in [0.1, 0.15) is 24.3 Å². The quantitative estimate of drug-likeness (QED) is 0.793. The number of carbonyl (C=O) groups excluding carboxylic acids is 1. The molecule has 2 N–H and O–H groups in total. The Balaban J connectivity index is 1.88. The molecule has 7 nitrogen and oxygen atoms in total. The molecule has 2 aliphatic heterocycles. The van der Waals surface area contributed by atoms with E-state index in [0.29, 0.717) is 0 Å². The van der Waals surface area contributed by atoms with E-state index in [2.05, 4.69) is 4.90 Å². The molecular weight excluding hydrogens is 291 g/mol. The molecule has 8 heteroatoms. The normalized spacial score (nSPS) is 20.5. The predicted molar refractivity (Wildman–Crippen MR) is 76.7 cm³/mol. The molecule has 0 aliphatic carbocycles. The van der Waals surface area contributed by atoms with Gasteiger partial charge in [0.25, 0.3) is 4.98 Å². The van der Waals surface area contributed by atoms with E-state index in [4.69, 9.17) is 0 Å². The number of phenolic OH excluding ortho intramolecular Hbond substituents is 1. The van der Waals surface area contributed by atoms with Crippen molar-refractivity contribution in [3.05, 3.63) is 28.4 Å². The van der Waals surface area contributed by atoms with Crippen LogP contribution in [-0.4, -0.2) is 47.6 Å². The molecule has 0 spiro atoms. The topological polar surface area (TPSA) is 75.9 Å². The van der Waals surface area contributed by atoms with Crippen molar-refractivity contribution in [2.24, 2.45) is 0 Å². The third-order valence-corrected chi connectivity index (χ3v) is 4.25. The maximum absolute atomic E-state index is 14.4. The maximum Gasteiger partial charge on any atom is 0.307 e. The number of hydrogen-bond donors (Lipinski definition) is 2. The predicted octanol–water partition coefficient (Wildman–Crippen LogP) is 0.886. The molecule has 0 radical (unpaired) electrons. The number of likely N-dealkylation sites (tertiary alicyclic amines) is 1. The Morgan fingerprint density at radius 1 is 1.36 bits per heavy atom. The van der Waals surface area contributed by atoms with E-state index in [1.165, 1.54) is 12.1 Å². The van der Waals surface area contributed by atoms with Gasteiger partial charge in [-0.05, 0) is 56.6 Å². The summed E-state index contributed by atoms with van der Waals surface area (Å²) in [4.78, 5) is 25.1. The Morgan fingerprint density at radius 2 is 2.05 bits per heavy atom. The van der Waals surface area contributed by atoms with Gasteiger partial charge >= 0.3 is 5.91 Å². The number of benzene rings is 1. The van der Waals surface area contributed by atoms with E-state index in [9.17, 15) is 19.2 Å². The highest BCUT2D eigenvalue weighted by molar-refractivity contribution is 5.82. The average molecular weight is 309 g/mol. The fourth-order valence-corrected chi connectivity index (χ4v) is 3.01. The van der Waals surface area contributed by atoms with Crippen LogP contribution in [-0.2, 0) is 4.79 Å². The average Bonchev–Trinajstić information content (AvgIpc) is 2.77. The zero-order chi connectivity index (χ0) is 15.9. The molecule has 1 aromatic rings. The lowest BCUT2D eigenvalue weighted by atomic mass is 9.89. The van der Waals surface area contributed by atoms with Crippen LogP contribution in [0.5, 0.6) is 5.75 Å². The number of nitrogens with one attached hydrogen (secondary N) is 1. The lowest BCUT2D eigenvalue weighted by molar-refractivity contribution is -0.591. The van der Waals surface area contributed by atoms with Crippen LogP contribution in [0.2, 0.25) is 0 Å². The Labute approximate surface area is 126 Å². The summed E-state index contributed by atoms with van der Waals surface area (Å²) in [6.07, 6.45) is 1.79. The van der Waals surface area contributed by atoms with Crippen molar-refractivity contribution < 1.29 is 19.3 Å². The lowest BCUT2D eigenvalue weighted by Crippen LogP contribution is -2.32. The number of carbonyl (C=O) groups is 1. The fraction of sp³-hybridized carbons (Fsp3) is 0.500. The Kier molecular flexibility index (Phi) is 3.69. The number of hydrazine groups is 2. The zero-order valence-electron chi connectivity index (χ0n) is 12.3. The first-order chi connectivity index (χ1) is 10.5. The smallest absolute Gasteiger partial charge is 0.307 e. The number of rotatable bonds is 2. The van der Waals surface area contributed by atoms with Gasteiger partial charge in [0.1, 0.15) is 5.75 Å². The van der Waals surface area contributed by atoms with Gasteiger partial charge in [0.15, 0.2) is 18.0 Å². The second-order valence-corrected chi connectivity index (χ2v) is 5.81. The van der Waals surface area contributed by atoms with Crippen molar-refractivity contribution in [3.63, 3.8) is 0 Å². The first-order valence-corrected chi connectivity index (χ1v) is 7.21. The largest absolute Gasteiger partial charge is 0.505 e. The van der Waals surface area contributed by atoms with Crippen molar-refractivity contribution in [2.75, 3.05) is 31.7 Å². The lowest BCUT2D eigenvalue weighted by Gasteiger charge is -2.29. The first kappa shape index (κ1) is 14.7. The van der Waals surface area contributed by atoms with E-state index >= 15 is 0 Å². The van der Waals surface area contributed by atoms with E-state index in [1.807, 2.05) is 12.5 Å². The number of amides is 1. The monoisotopic (exact) mass is 309 g/mol. The van der Waals surface area contributed by atoms with E-state index < -0.39 is 11.7 Å². The van der Waals surface area contributed by atoms with Gasteiger partial charge in [-0.1, -0.05) is 10.4 Å². The molecule has 118 valence electrons. The molecule has 0 saturated carbocycles. The van der Waals surface area contributed by atoms with E-state index in [1.54, 1.807) is 0 Å². The molecule has 1 amide bonds. The van der Waals surface area contributed by atoms with Crippen molar-refractivity contribution in [1.29, 1.82) is 0 Å². The van der Waals surface area contributed by atoms with Crippen molar-refractivity contribution in [2.45, 2.75) is 18.8 Å². The summed E-state index contributed by atoms with van der Waals surface area (Å²) >= 11 is 0. The number of nitrogens with zero attached hydrogens (tertiary/aromatic N) is 3. The van der Waals surface area contributed by atoms with Gasteiger partial charge in [-0.15, -0.1) is 0 Å². The third-order valence-electron chi connectivity index (χ3n) is 4.25. The van der Waals surface area contributed by atoms with Crippen LogP contribution in [0.25, 0.3) is 0 Å². The van der Waals surface area contributed by atoms with Gasteiger partial charge in [0, 0.05) is 0 Å². The number of halogens is 1. The van der Waals surface area contributed by atoms with E-state index in [0.717, 1.165) is 36.5 Å². The fourth-order valence-electron chi connectivity index (χ4n) is 3.01. The van der Waals surface area contributed by atoms with Gasteiger partial charge in [0.05, 0.1) is 4.91 Å². The number of hydrogen-bond acceptors (Lipinski definition) is 4. The molecule has 0 atom stereocenters. The molecule has 2 heterocycles.